The van der Waals surface area contributed by atoms with Gasteiger partial charge in [-0.15, -0.1) is 5.10 Å². The van der Waals surface area contributed by atoms with Gasteiger partial charge in [-0.25, -0.2) is 18.4 Å². The minimum atomic E-state index is -3.87. The zero-order valence-corrected chi connectivity index (χ0v) is 27.9. The molecule has 0 saturated carbocycles. The Balaban J connectivity index is 1.02. The number of benzene rings is 3. The van der Waals surface area contributed by atoms with E-state index in [1.807, 2.05) is 42.6 Å². The van der Waals surface area contributed by atoms with Crippen molar-refractivity contribution in [3.63, 3.8) is 0 Å². The Kier molecular flexibility index (Phi) is 14.0. The lowest BCUT2D eigenvalue weighted by atomic mass is 10.3. The topological polar surface area (TPSA) is 181 Å². The number of hydrogen-bond acceptors (Lipinski definition) is 10. The molecule has 0 aliphatic carbocycles. The van der Waals surface area contributed by atoms with Gasteiger partial charge in [-0.2, -0.15) is 0 Å². The van der Waals surface area contributed by atoms with Crippen LogP contribution < -0.4 is 25.8 Å². The average Bonchev–Trinajstić information content (AvgIpc) is 3.48. The number of nitrogens with two attached hydrogens (primary N) is 1. The standard InChI is InChI=1S/C30H36IN7O7S/c31-23-4-10-28(11-5-23)45-19-18-43-15-14-42-16-17-44-22-27-21-38(37-36-27)13-12-33-24-6-8-25(9-7-24)34-30(39)35-26-2-1-3-29(20-26)46(32,40)41/h1-11,20-21,33H,12-19,22H2,(H2,32,40,41)(H2,34,35,39). The molecule has 0 radical (unpaired) electrons. The number of ether oxygens (including phenoxy) is 4. The van der Waals surface area contributed by atoms with Crippen molar-refractivity contribution < 1.29 is 32.2 Å². The summed E-state index contributed by atoms with van der Waals surface area (Å²) in [6.45, 7) is 4.36. The molecule has 2 amide bonds. The zero-order valence-electron chi connectivity index (χ0n) is 24.9. The molecule has 16 heteroatoms. The van der Waals surface area contributed by atoms with Gasteiger partial charge in [0.25, 0.3) is 0 Å². The number of anilines is 3. The highest BCUT2D eigenvalue weighted by atomic mass is 127. The maximum absolute atomic E-state index is 12.3. The lowest BCUT2D eigenvalue weighted by Crippen LogP contribution is -2.20. The van der Waals surface area contributed by atoms with Crippen LogP contribution in [-0.2, 0) is 37.4 Å². The number of nitrogens with one attached hydrogen (secondary N) is 3. The summed E-state index contributed by atoms with van der Waals surface area (Å²) in [5.41, 5.74) is 2.44. The van der Waals surface area contributed by atoms with Crippen LogP contribution in [0.25, 0.3) is 0 Å². The van der Waals surface area contributed by atoms with E-state index in [0.29, 0.717) is 70.7 Å². The van der Waals surface area contributed by atoms with Gasteiger partial charge in [0.2, 0.25) is 10.0 Å². The Morgan fingerprint density at radius 2 is 1.48 bits per heavy atom. The van der Waals surface area contributed by atoms with E-state index >= 15 is 0 Å². The highest BCUT2D eigenvalue weighted by Gasteiger charge is 2.10. The molecule has 0 bridgehead atoms. The Labute approximate surface area is 281 Å². The van der Waals surface area contributed by atoms with Gasteiger partial charge < -0.3 is 34.9 Å². The molecule has 14 nitrogen and oxygen atoms in total. The summed E-state index contributed by atoms with van der Waals surface area (Å²) >= 11 is 2.25. The number of urea groups is 1. The Bertz CT molecular complexity index is 1620. The van der Waals surface area contributed by atoms with Crippen molar-refractivity contribution in [1.82, 2.24) is 15.0 Å². The summed E-state index contributed by atoms with van der Waals surface area (Å²) < 4.78 is 48.2. The number of primary sulfonamides is 1. The van der Waals surface area contributed by atoms with Gasteiger partial charge in [-0.05, 0) is 89.3 Å². The number of rotatable bonds is 19. The van der Waals surface area contributed by atoms with E-state index in [2.05, 4.69) is 48.9 Å². The monoisotopic (exact) mass is 765 g/mol. The Hall–Kier alpha value is -3.81. The molecule has 0 saturated heterocycles. The van der Waals surface area contributed by atoms with Gasteiger partial charge in [0.05, 0.1) is 57.3 Å². The van der Waals surface area contributed by atoms with Crippen molar-refractivity contribution in [2.24, 2.45) is 5.14 Å². The number of halogens is 1. The summed E-state index contributed by atoms with van der Waals surface area (Å²) in [6.07, 6.45) is 1.83. The second-order valence-electron chi connectivity index (χ2n) is 9.71. The van der Waals surface area contributed by atoms with Crippen LogP contribution in [0.4, 0.5) is 21.9 Å². The molecule has 246 valence electrons. The van der Waals surface area contributed by atoms with Crippen LogP contribution >= 0.6 is 22.6 Å². The summed E-state index contributed by atoms with van der Waals surface area (Å²) in [5, 5.41) is 22.0. The first-order valence-corrected chi connectivity index (χ1v) is 16.9. The third-order valence-electron chi connectivity index (χ3n) is 6.12. The smallest absolute Gasteiger partial charge is 0.323 e. The third-order valence-corrected chi connectivity index (χ3v) is 7.75. The highest BCUT2D eigenvalue weighted by Crippen LogP contribution is 2.17. The van der Waals surface area contributed by atoms with Crippen LogP contribution in [0.2, 0.25) is 0 Å². The molecule has 1 aromatic heterocycles. The van der Waals surface area contributed by atoms with Gasteiger partial charge in [-0.1, -0.05) is 11.3 Å². The zero-order chi connectivity index (χ0) is 32.6. The Morgan fingerprint density at radius 1 is 0.826 bits per heavy atom. The number of hydrogen-bond donors (Lipinski definition) is 4. The van der Waals surface area contributed by atoms with Crippen LogP contribution in [0.1, 0.15) is 5.69 Å². The van der Waals surface area contributed by atoms with E-state index in [0.717, 1.165) is 20.7 Å². The van der Waals surface area contributed by atoms with Gasteiger partial charge in [-0.3, -0.25) is 4.68 Å². The van der Waals surface area contributed by atoms with Crippen molar-refractivity contribution in [1.29, 1.82) is 0 Å². The van der Waals surface area contributed by atoms with Crippen molar-refractivity contribution in [3.05, 3.63) is 88.3 Å². The lowest BCUT2D eigenvalue weighted by Gasteiger charge is -2.10. The average molecular weight is 766 g/mol. The van der Waals surface area contributed by atoms with Crippen LogP contribution in [0.15, 0.2) is 83.9 Å². The maximum Gasteiger partial charge on any atom is 0.323 e. The van der Waals surface area contributed by atoms with Crippen LogP contribution in [0.3, 0.4) is 0 Å². The first-order chi connectivity index (χ1) is 22.2. The predicted octanol–water partition coefficient (Wildman–Crippen LogP) is 3.92. The molecule has 0 spiro atoms. The van der Waals surface area contributed by atoms with Gasteiger partial charge in [0.15, 0.2) is 0 Å². The van der Waals surface area contributed by atoms with E-state index in [4.69, 9.17) is 24.1 Å². The van der Waals surface area contributed by atoms with Gasteiger partial charge in [0.1, 0.15) is 18.1 Å². The summed E-state index contributed by atoms with van der Waals surface area (Å²) in [5.74, 6) is 0.827. The molecule has 0 aliphatic rings. The van der Waals surface area contributed by atoms with E-state index in [1.54, 1.807) is 22.9 Å². The van der Waals surface area contributed by atoms with Gasteiger partial charge >= 0.3 is 6.03 Å². The molecule has 4 aromatic rings. The highest BCUT2D eigenvalue weighted by molar-refractivity contribution is 14.1. The molecule has 0 aliphatic heterocycles. The van der Waals surface area contributed by atoms with E-state index in [-0.39, 0.29) is 4.90 Å². The van der Waals surface area contributed by atoms with Crippen LogP contribution in [0.5, 0.6) is 5.75 Å². The molecule has 3 aromatic carbocycles. The summed E-state index contributed by atoms with van der Waals surface area (Å²) in [7, 11) is -3.87. The molecule has 1 heterocycles. The number of aromatic nitrogens is 3. The molecular formula is C30H36IN7O7S. The Morgan fingerprint density at radius 3 is 2.20 bits per heavy atom. The minimum absolute atomic E-state index is 0.0908. The van der Waals surface area contributed by atoms with Crippen molar-refractivity contribution in [3.8, 4) is 5.75 Å². The lowest BCUT2D eigenvalue weighted by molar-refractivity contribution is 0.00547. The number of carbonyl (C=O) groups excluding carboxylic acids is 1. The fourth-order valence-electron chi connectivity index (χ4n) is 3.91. The van der Waals surface area contributed by atoms with E-state index in [9.17, 15) is 13.2 Å². The largest absolute Gasteiger partial charge is 0.491 e. The second kappa shape index (κ2) is 18.4. The molecular weight excluding hydrogens is 729 g/mol. The normalized spacial score (nSPS) is 11.3. The van der Waals surface area contributed by atoms with Crippen molar-refractivity contribution in [2.45, 2.75) is 18.0 Å². The molecule has 46 heavy (non-hydrogen) atoms. The fraction of sp³-hybridized carbons (Fsp3) is 0.300. The van der Waals surface area contributed by atoms with Crippen LogP contribution in [0, 0.1) is 3.57 Å². The number of carbonyl (C=O) groups is 1. The quantitative estimate of drug-likeness (QED) is 0.0808. The van der Waals surface area contributed by atoms with Gasteiger partial charge in [0, 0.05) is 27.2 Å². The molecule has 4 rings (SSSR count). The minimum Gasteiger partial charge on any atom is -0.491 e. The third kappa shape index (κ3) is 12.9. The van der Waals surface area contributed by atoms with Crippen molar-refractivity contribution in [2.75, 3.05) is 62.1 Å². The first kappa shape index (κ1) is 35.1. The molecule has 0 atom stereocenters. The predicted molar refractivity (Wildman–Crippen MR) is 181 cm³/mol. The number of nitrogens with zero attached hydrogens (tertiary/aromatic N) is 3. The first-order valence-electron chi connectivity index (χ1n) is 14.3. The summed E-state index contributed by atoms with van der Waals surface area (Å²) in [4.78, 5) is 12.2. The molecule has 0 unspecified atom stereocenters. The number of sulfonamides is 1. The van der Waals surface area contributed by atoms with Crippen LogP contribution in [-0.4, -0.2) is 75.6 Å². The maximum atomic E-state index is 12.3. The second-order valence-corrected chi connectivity index (χ2v) is 12.5. The van der Waals surface area contributed by atoms with E-state index in [1.165, 1.54) is 18.2 Å². The summed E-state index contributed by atoms with van der Waals surface area (Å²) in [6, 6.07) is 20.2. The number of amides is 2. The fourth-order valence-corrected chi connectivity index (χ4v) is 4.83. The molecule has 0 fully saturated rings. The van der Waals surface area contributed by atoms with E-state index < -0.39 is 16.1 Å². The SMILES string of the molecule is NS(=O)(=O)c1cccc(NC(=O)Nc2ccc(NCCn3cc(COCCOCCOCCOc4ccc(I)cc4)nn3)cc2)c1. The molecule has 5 N–H and O–H groups in total. The van der Waals surface area contributed by atoms with Crippen molar-refractivity contribution >= 4 is 55.7 Å².